The van der Waals surface area contributed by atoms with Crippen LogP contribution in [0, 0.1) is 0 Å². The first kappa shape index (κ1) is 30.8. The van der Waals surface area contributed by atoms with Gasteiger partial charge in [-0.2, -0.15) is 0 Å². The minimum absolute atomic E-state index is 0.0868. The largest absolute Gasteiger partial charge is 0.496 e. The average molecular weight is 658 g/mol. The summed E-state index contributed by atoms with van der Waals surface area (Å²) in [6.07, 6.45) is 0. The number of nitrogens with zero attached hydrogens (tertiary/aromatic N) is 1. The van der Waals surface area contributed by atoms with Crippen LogP contribution in [0.1, 0.15) is 25.0 Å². The Morgan fingerprint density at radius 2 is 1.12 bits per heavy atom. The third-order valence-corrected chi connectivity index (χ3v) is 10.2. The topological polar surface area (TPSA) is 21.7 Å². The fraction of sp³-hybridized carbons (Fsp3) is 0.111. The summed E-state index contributed by atoms with van der Waals surface area (Å²) in [5.74, 6) is 1.55. The van der Waals surface area contributed by atoms with Crippen molar-refractivity contribution >= 4 is 39.4 Å². The van der Waals surface area contributed by atoms with Crippen LogP contribution in [0.25, 0.3) is 44.2 Å². The maximum Gasteiger partial charge on any atom is 0.128 e. The standard InChI is InChI=1S/C45H36ClNO2/c1-45(2)40-16-9-8-13-36(40)37-24-22-33(28-41(37)45)47(31-11-6-5-7-12-31)32-20-17-29(18-21-32)34-14-10-15-39-35(25-26-42(48-3)44(34)39)38-23-19-30(46)27-43(38)49-4/h5-28H,1-4H3. The van der Waals surface area contributed by atoms with E-state index in [4.69, 9.17) is 21.1 Å². The van der Waals surface area contributed by atoms with E-state index >= 15 is 0 Å². The van der Waals surface area contributed by atoms with Crippen LogP contribution in [0.5, 0.6) is 11.5 Å². The quantitative estimate of drug-likeness (QED) is 0.170. The van der Waals surface area contributed by atoms with Crippen molar-refractivity contribution in [2.45, 2.75) is 19.3 Å². The van der Waals surface area contributed by atoms with E-state index < -0.39 is 0 Å². The van der Waals surface area contributed by atoms with Crippen LogP contribution in [0.4, 0.5) is 17.1 Å². The lowest BCUT2D eigenvalue weighted by molar-refractivity contribution is 0.416. The molecule has 7 aromatic rings. The van der Waals surface area contributed by atoms with Gasteiger partial charge in [-0.05, 0) is 111 Å². The molecular weight excluding hydrogens is 622 g/mol. The van der Waals surface area contributed by atoms with Gasteiger partial charge in [0.05, 0.1) is 14.2 Å². The molecule has 0 aliphatic heterocycles. The number of anilines is 3. The van der Waals surface area contributed by atoms with Gasteiger partial charge < -0.3 is 14.4 Å². The zero-order chi connectivity index (χ0) is 33.7. The molecule has 240 valence electrons. The van der Waals surface area contributed by atoms with Crippen molar-refractivity contribution in [1.29, 1.82) is 0 Å². The maximum atomic E-state index is 6.32. The Morgan fingerprint density at radius 1 is 0.490 bits per heavy atom. The number of halogens is 1. The van der Waals surface area contributed by atoms with Crippen LogP contribution in [0.2, 0.25) is 5.02 Å². The van der Waals surface area contributed by atoms with Crippen molar-refractivity contribution in [2.75, 3.05) is 19.1 Å². The average Bonchev–Trinajstić information content (AvgIpc) is 3.37. The summed E-state index contributed by atoms with van der Waals surface area (Å²) in [7, 11) is 3.40. The van der Waals surface area contributed by atoms with Crippen LogP contribution in [-0.2, 0) is 5.41 Å². The van der Waals surface area contributed by atoms with Crippen molar-refractivity contribution in [3.8, 4) is 44.9 Å². The number of ether oxygens (including phenoxy) is 2. The summed E-state index contributed by atoms with van der Waals surface area (Å²) in [6, 6.07) is 51.5. The maximum absolute atomic E-state index is 6.32. The molecule has 0 N–H and O–H groups in total. The van der Waals surface area contributed by atoms with E-state index in [0.717, 1.165) is 61.6 Å². The molecule has 0 atom stereocenters. The number of methoxy groups -OCH3 is 2. The first-order valence-electron chi connectivity index (χ1n) is 16.5. The number of para-hydroxylation sites is 1. The molecule has 1 aliphatic rings. The van der Waals surface area contributed by atoms with Gasteiger partial charge in [0, 0.05) is 38.4 Å². The third-order valence-electron chi connectivity index (χ3n) is 9.95. The lowest BCUT2D eigenvalue weighted by Crippen LogP contribution is -2.16. The molecule has 49 heavy (non-hydrogen) atoms. The van der Waals surface area contributed by atoms with E-state index in [0.29, 0.717) is 5.02 Å². The number of hydrogen-bond acceptors (Lipinski definition) is 3. The van der Waals surface area contributed by atoms with Gasteiger partial charge in [0.25, 0.3) is 0 Å². The molecule has 0 saturated carbocycles. The second kappa shape index (κ2) is 12.2. The highest BCUT2D eigenvalue weighted by atomic mass is 35.5. The predicted molar refractivity (Wildman–Crippen MR) is 205 cm³/mol. The highest BCUT2D eigenvalue weighted by molar-refractivity contribution is 6.30. The number of benzene rings is 7. The smallest absolute Gasteiger partial charge is 0.128 e. The Labute approximate surface area is 293 Å². The fourth-order valence-corrected chi connectivity index (χ4v) is 7.72. The summed E-state index contributed by atoms with van der Waals surface area (Å²) in [5, 5.41) is 2.76. The van der Waals surface area contributed by atoms with Crippen molar-refractivity contribution < 1.29 is 9.47 Å². The number of hydrogen-bond donors (Lipinski definition) is 0. The predicted octanol–water partition coefficient (Wildman–Crippen LogP) is 12.6. The van der Waals surface area contributed by atoms with E-state index in [1.54, 1.807) is 14.2 Å². The van der Waals surface area contributed by atoms with Gasteiger partial charge in [0.15, 0.2) is 0 Å². The number of fused-ring (bicyclic) bond motifs is 4. The van der Waals surface area contributed by atoms with Gasteiger partial charge >= 0.3 is 0 Å². The van der Waals surface area contributed by atoms with Crippen molar-refractivity contribution in [2.24, 2.45) is 0 Å². The normalized spacial score (nSPS) is 12.8. The summed E-state index contributed by atoms with van der Waals surface area (Å²) in [4.78, 5) is 2.34. The summed E-state index contributed by atoms with van der Waals surface area (Å²) < 4.78 is 11.7. The lowest BCUT2D eigenvalue weighted by Gasteiger charge is -2.28. The molecule has 0 saturated heterocycles. The second-order valence-electron chi connectivity index (χ2n) is 13.0. The first-order valence-corrected chi connectivity index (χ1v) is 16.9. The number of rotatable bonds is 7. The van der Waals surface area contributed by atoms with Crippen molar-refractivity contribution in [1.82, 2.24) is 0 Å². The van der Waals surface area contributed by atoms with Gasteiger partial charge in [-0.3, -0.25) is 0 Å². The molecule has 7 aromatic carbocycles. The molecule has 0 spiro atoms. The molecule has 0 fully saturated rings. The Hall–Kier alpha value is -5.51. The zero-order valence-corrected chi connectivity index (χ0v) is 28.8. The van der Waals surface area contributed by atoms with E-state index in [2.05, 4.69) is 140 Å². The molecule has 1 aliphatic carbocycles. The van der Waals surface area contributed by atoms with Crippen LogP contribution in [0.15, 0.2) is 146 Å². The van der Waals surface area contributed by atoms with Crippen LogP contribution < -0.4 is 14.4 Å². The molecule has 3 nitrogen and oxygen atoms in total. The summed E-state index contributed by atoms with van der Waals surface area (Å²) in [5.41, 5.74) is 12.8. The minimum atomic E-state index is -0.0868. The van der Waals surface area contributed by atoms with E-state index in [9.17, 15) is 0 Å². The fourth-order valence-electron chi connectivity index (χ4n) is 7.55. The Bertz CT molecular complexity index is 2340. The van der Waals surface area contributed by atoms with E-state index in [-0.39, 0.29) is 5.41 Å². The van der Waals surface area contributed by atoms with Gasteiger partial charge in [-0.15, -0.1) is 0 Å². The Kier molecular flexibility index (Phi) is 7.66. The lowest BCUT2D eigenvalue weighted by atomic mass is 9.82. The monoisotopic (exact) mass is 657 g/mol. The van der Waals surface area contributed by atoms with Gasteiger partial charge in [-0.1, -0.05) is 104 Å². The molecule has 0 radical (unpaired) electrons. The van der Waals surface area contributed by atoms with E-state index in [1.807, 2.05) is 24.3 Å². The van der Waals surface area contributed by atoms with E-state index in [1.165, 1.54) is 22.3 Å². The highest BCUT2D eigenvalue weighted by Gasteiger charge is 2.35. The Morgan fingerprint density at radius 3 is 1.90 bits per heavy atom. The van der Waals surface area contributed by atoms with Gasteiger partial charge in [-0.25, -0.2) is 0 Å². The first-order chi connectivity index (χ1) is 23.9. The highest BCUT2D eigenvalue weighted by Crippen LogP contribution is 2.51. The molecule has 4 heteroatoms. The Balaban J connectivity index is 1.24. The van der Waals surface area contributed by atoms with Crippen LogP contribution in [0.3, 0.4) is 0 Å². The second-order valence-corrected chi connectivity index (χ2v) is 13.4. The molecule has 0 heterocycles. The summed E-state index contributed by atoms with van der Waals surface area (Å²) >= 11 is 6.32. The van der Waals surface area contributed by atoms with Crippen molar-refractivity contribution in [3.05, 3.63) is 162 Å². The minimum Gasteiger partial charge on any atom is -0.496 e. The zero-order valence-electron chi connectivity index (χ0n) is 28.0. The molecule has 0 unspecified atom stereocenters. The molecule has 0 bridgehead atoms. The van der Waals surface area contributed by atoms with Gasteiger partial charge in [0.1, 0.15) is 11.5 Å². The van der Waals surface area contributed by atoms with Crippen molar-refractivity contribution in [3.63, 3.8) is 0 Å². The van der Waals surface area contributed by atoms with Crippen LogP contribution >= 0.6 is 11.6 Å². The van der Waals surface area contributed by atoms with Crippen LogP contribution in [-0.4, -0.2) is 14.2 Å². The molecule has 0 amide bonds. The molecule has 8 rings (SSSR count). The summed E-state index contributed by atoms with van der Waals surface area (Å²) in [6.45, 7) is 4.66. The van der Waals surface area contributed by atoms with Gasteiger partial charge in [0.2, 0.25) is 0 Å². The SMILES string of the molecule is COc1cc(Cl)ccc1-c1ccc(OC)c2c(-c3ccc(N(c4ccccc4)c4ccc5c(c4)C(C)(C)c4ccccc4-5)cc3)cccc12. The third kappa shape index (κ3) is 5.13. The molecular formula is C45H36ClNO2. The molecule has 0 aromatic heterocycles.